The smallest absolute Gasteiger partial charge is 0.283 e. The van der Waals surface area contributed by atoms with Gasteiger partial charge in [-0.3, -0.25) is 25.0 Å². The number of carbonyl (C=O) groups is 2. The van der Waals surface area contributed by atoms with Gasteiger partial charge in [0.15, 0.2) is 0 Å². The number of alkyl halides is 1. The molecule has 1 aliphatic heterocycles. The fraction of sp³-hybridized carbons (Fsp3) is 0.200. The molecule has 0 bridgehead atoms. The summed E-state index contributed by atoms with van der Waals surface area (Å²) in [5.74, 6) is -2.03. The van der Waals surface area contributed by atoms with Gasteiger partial charge in [0.1, 0.15) is 5.38 Å². The summed E-state index contributed by atoms with van der Waals surface area (Å²) < 4.78 is 0.298. The van der Waals surface area contributed by atoms with Gasteiger partial charge in [-0.05, 0) is 27.6 Å². The van der Waals surface area contributed by atoms with Crippen molar-refractivity contribution in [3.05, 3.63) is 38.3 Å². The van der Waals surface area contributed by atoms with Crippen LogP contribution in [0.3, 0.4) is 0 Å². The van der Waals surface area contributed by atoms with Gasteiger partial charge in [-0.2, -0.15) is 0 Å². The van der Waals surface area contributed by atoms with Crippen LogP contribution >= 0.6 is 27.5 Å². The van der Waals surface area contributed by atoms with Crippen LogP contribution < -0.4 is 5.32 Å². The van der Waals surface area contributed by atoms with E-state index in [0.717, 1.165) is 0 Å². The van der Waals surface area contributed by atoms with Gasteiger partial charge in [0.25, 0.3) is 5.69 Å². The third-order valence-corrected chi connectivity index (χ3v) is 3.72. The first-order chi connectivity index (χ1) is 8.41. The quantitative estimate of drug-likeness (QED) is 0.386. The number of rotatable bonds is 2. The summed E-state index contributed by atoms with van der Waals surface area (Å²) in [6.45, 7) is 0. The SMILES string of the molecule is O=C1NC(=O)C(c2ccc(Br)c([N+](=O)[O-])c2)C1Cl. The summed E-state index contributed by atoms with van der Waals surface area (Å²) in [6.07, 6.45) is 0. The molecule has 0 aromatic heterocycles. The Hall–Kier alpha value is -1.47. The molecular formula is C10H6BrClN2O4. The number of benzene rings is 1. The van der Waals surface area contributed by atoms with Gasteiger partial charge in [-0.25, -0.2) is 0 Å². The van der Waals surface area contributed by atoms with Crippen LogP contribution in [-0.2, 0) is 9.59 Å². The Kier molecular flexibility index (Phi) is 3.36. The van der Waals surface area contributed by atoms with Crippen molar-refractivity contribution in [2.75, 3.05) is 0 Å². The maximum Gasteiger partial charge on any atom is 0.283 e. The molecule has 1 heterocycles. The molecule has 1 N–H and O–H groups in total. The second kappa shape index (κ2) is 4.66. The molecule has 1 aromatic carbocycles. The van der Waals surface area contributed by atoms with Crippen LogP contribution in [0.5, 0.6) is 0 Å². The van der Waals surface area contributed by atoms with Crippen molar-refractivity contribution in [1.29, 1.82) is 0 Å². The average Bonchev–Trinajstić information content (AvgIpc) is 2.54. The maximum absolute atomic E-state index is 11.6. The molecule has 2 amide bonds. The van der Waals surface area contributed by atoms with E-state index >= 15 is 0 Å². The van der Waals surface area contributed by atoms with E-state index in [1.807, 2.05) is 0 Å². The van der Waals surface area contributed by atoms with Crippen molar-refractivity contribution < 1.29 is 14.5 Å². The molecule has 1 fully saturated rings. The Morgan fingerprint density at radius 3 is 2.50 bits per heavy atom. The van der Waals surface area contributed by atoms with E-state index in [1.54, 1.807) is 0 Å². The first kappa shape index (κ1) is 13.0. The van der Waals surface area contributed by atoms with Crippen molar-refractivity contribution in [2.45, 2.75) is 11.3 Å². The Labute approximate surface area is 115 Å². The van der Waals surface area contributed by atoms with E-state index in [-0.39, 0.29) is 5.69 Å². The molecule has 2 unspecified atom stereocenters. The first-order valence-electron chi connectivity index (χ1n) is 4.84. The van der Waals surface area contributed by atoms with Gasteiger partial charge in [-0.15, -0.1) is 11.6 Å². The van der Waals surface area contributed by atoms with Crippen molar-refractivity contribution in [3.8, 4) is 0 Å². The van der Waals surface area contributed by atoms with E-state index in [9.17, 15) is 19.7 Å². The normalized spacial score (nSPS) is 23.0. The Bertz CT molecular complexity index is 563. The van der Waals surface area contributed by atoms with E-state index in [4.69, 9.17) is 11.6 Å². The van der Waals surface area contributed by atoms with Crippen molar-refractivity contribution in [1.82, 2.24) is 5.32 Å². The molecule has 0 aliphatic carbocycles. The molecule has 1 aromatic rings. The molecule has 0 radical (unpaired) electrons. The third-order valence-electron chi connectivity index (χ3n) is 2.60. The monoisotopic (exact) mass is 332 g/mol. The second-order valence-corrected chi connectivity index (χ2v) is 5.03. The molecule has 18 heavy (non-hydrogen) atoms. The second-order valence-electron chi connectivity index (χ2n) is 3.70. The number of halogens is 2. The van der Waals surface area contributed by atoms with Gasteiger partial charge >= 0.3 is 0 Å². The molecular weight excluding hydrogens is 327 g/mol. The van der Waals surface area contributed by atoms with Gasteiger partial charge < -0.3 is 0 Å². The zero-order valence-electron chi connectivity index (χ0n) is 8.72. The minimum atomic E-state index is -1.04. The fourth-order valence-electron chi connectivity index (χ4n) is 1.74. The largest absolute Gasteiger partial charge is 0.295 e. The van der Waals surface area contributed by atoms with Gasteiger partial charge in [0.2, 0.25) is 11.8 Å². The number of nitrogens with zero attached hydrogens (tertiary/aromatic N) is 1. The Morgan fingerprint density at radius 1 is 1.33 bits per heavy atom. The van der Waals surface area contributed by atoms with Gasteiger partial charge in [-0.1, -0.05) is 6.07 Å². The number of imide groups is 1. The number of hydrogen-bond acceptors (Lipinski definition) is 4. The minimum absolute atomic E-state index is 0.177. The summed E-state index contributed by atoms with van der Waals surface area (Å²) >= 11 is 8.85. The zero-order valence-corrected chi connectivity index (χ0v) is 11.1. The van der Waals surface area contributed by atoms with Crippen LogP contribution in [0.2, 0.25) is 0 Å². The predicted molar refractivity (Wildman–Crippen MR) is 66.3 cm³/mol. The van der Waals surface area contributed by atoms with Crippen LogP contribution in [-0.4, -0.2) is 22.1 Å². The molecule has 8 heteroatoms. The zero-order chi connectivity index (χ0) is 13.4. The van der Waals surface area contributed by atoms with Crippen LogP contribution in [0, 0.1) is 10.1 Å². The highest BCUT2D eigenvalue weighted by Gasteiger charge is 2.41. The molecule has 2 atom stereocenters. The lowest BCUT2D eigenvalue weighted by Crippen LogP contribution is -2.22. The van der Waals surface area contributed by atoms with Crippen molar-refractivity contribution >= 4 is 45.0 Å². The Morgan fingerprint density at radius 2 is 2.00 bits per heavy atom. The maximum atomic E-state index is 11.6. The van der Waals surface area contributed by atoms with E-state index in [2.05, 4.69) is 21.2 Å². The summed E-state index contributed by atoms with van der Waals surface area (Å²) in [5, 5.41) is 11.8. The van der Waals surface area contributed by atoms with E-state index < -0.39 is 28.0 Å². The number of nitrogens with one attached hydrogen (secondary N) is 1. The van der Waals surface area contributed by atoms with Crippen molar-refractivity contribution in [2.24, 2.45) is 0 Å². The first-order valence-corrected chi connectivity index (χ1v) is 6.07. The fourth-order valence-corrected chi connectivity index (χ4v) is 2.44. The third kappa shape index (κ3) is 2.11. The summed E-state index contributed by atoms with van der Waals surface area (Å²) in [7, 11) is 0. The molecule has 1 aliphatic rings. The summed E-state index contributed by atoms with van der Waals surface area (Å²) in [6, 6.07) is 4.21. The number of nitro benzene ring substituents is 1. The lowest BCUT2D eigenvalue weighted by molar-refractivity contribution is -0.385. The minimum Gasteiger partial charge on any atom is -0.295 e. The molecule has 0 spiro atoms. The average molecular weight is 334 g/mol. The highest BCUT2D eigenvalue weighted by Crippen LogP contribution is 2.33. The topological polar surface area (TPSA) is 89.3 Å². The predicted octanol–water partition coefficient (Wildman–Crippen LogP) is 1.70. The lowest BCUT2D eigenvalue weighted by atomic mass is 9.97. The van der Waals surface area contributed by atoms with Crippen LogP contribution in [0.4, 0.5) is 5.69 Å². The number of nitro groups is 1. The van der Waals surface area contributed by atoms with Gasteiger partial charge in [0, 0.05) is 6.07 Å². The number of carbonyl (C=O) groups excluding carboxylic acids is 2. The lowest BCUT2D eigenvalue weighted by Gasteiger charge is -2.09. The van der Waals surface area contributed by atoms with Gasteiger partial charge in [0.05, 0.1) is 15.3 Å². The van der Waals surface area contributed by atoms with Crippen LogP contribution in [0.15, 0.2) is 22.7 Å². The molecule has 6 nitrogen and oxygen atoms in total. The van der Waals surface area contributed by atoms with Crippen LogP contribution in [0.25, 0.3) is 0 Å². The highest BCUT2D eigenvalue weighted by atomic mass is 79.9. The highest BCUT2D eigenvalue weighted by molar-refractivity contribution is 9.10. The van der Waals surface area contributed by atoms with Crippen molar-refractivity contribution in [3.63, 3.8) is 0 Å². The van der Waals surface area contributed by atoms with Crippen LogP contribution in [0.1, 0.15) is 11.5 Å². The molecule has 1 saturated heterocycles. The molecule has 0 saturated carbocycles. The number of hydrogen-bond donors (Lipinski definition) is 1. The summed E-state index contributed by atoms with van der Waals surface area (Å²) in [5.41, 5.74) is 0.164. The standard InChI is InChI=1S/C10H6BrClN2O4/c11-5-2-1-4(3-6(5)14(17)18)7-8(12)10(16)13-9(7)15/h1-3,7-8H,(H,13,15,16). The van der Waals surface area contributed by atoms with E-state index in [1.165, 1.54) is 18.2 Å². The summed E-state index contributed by atoms with van der Waals surface area (Å²) in [4.78, 5) is 33.0. The number of amides is 2. The molecule has 2 rings (SSSR count). The van der Waals surface area contributed by atoms with E-state index in [0.29, 0.717) is 10.0 Å². The molecule has 94 valence electrons. The Balaban J connectivity index is 2.46.